The summed E-state index contributed by atoms with van der Waals surface area (Å²) in [5.74, 6) is -2.43. The van der Waals surface area contributed by atoms with Crippen molar-refractivity contribution in [2.75, 3.05) is 18.1 Å². The van der Waals surface area contributed by atoms with Gasteiger partial charge in [-0.15, -0.1) is 22.0 Å². The van der Waals surface area contributed by atoms with Crippen molar-refractivity contribution in [3.05, 3.63) is 51.7 Å². The largest absolute Gasteiger partial charge is 0.426 e. The fraction of sp³-hybridized carbons (Fsp3) is 0.464. The topological polar surface area (TPSA) is 177 Å². The Morgan fingerprint density at radius 3 is 2.68 bits per heavy atom. The van der Waals surface area contributed by atoms with Crippen molar-refractivity contribution in [3.8, 4) is 0 Å². The summed E-state index contributed by atoms with van der Waals surface area (Å²) >= 11 is 4.11. The lowest BCUT2D eigenvalue weighted by Crippen LogP contribution is -2.71. The summed E-state index contributed by atoms with van der Waals surface area (Å²) in [6.45, 7) is 5.12. The Kier molecular flexibility index (Phi) is 10.0. The fourth-order valence-corrected chi connectivity index (χ4v) is 8.46. The van der Waals surface area contributed by atoms with Crippen LogP contribution in [0.4, 0.5) is 0 Å². The second-order valence-electron chi connectivity index (χ2n) is 10.3. The highest BCUT2D eigenvalue weighted by Gasteiger charge is 2.55. The molecule has 16 heteroatoms. The van der Waals surface area contributed by atoms with Gasteiger partial charge in [-0.1, -0.05) is 47.4 Å². The molecule has 0 aliphatic carbocycles. The van der Waals surface area contributed by atoms with Gasteiger partial charge in [0.15, 0.2) is 16.2 Å². The van der Waals surface area contributed by atoms with Crippen molar-refractivity contribution in [2.45, 2.75) is 67.8 Å². The number of Topliss-reactive ketones (excluding diaryl/α,β-unsaturated/α-hetero) is 1. The normalized spacial score (nSPS) is 22.5. The van der Waals surface area contributed by atoms with Crippen molar-refractivity contribution in [1.29, 1.82) is 0 Å². The van der Waals surface area contributed by atoms with Gasteiger partial charge in [0.1, 0.15) is 22.1 Å². The lowest BCUT2D eigenvalue weighted by Gasteiger charge is -2.50. The lowest BCUT2D eigenvalue weighted by atomic mass is 9.94. The van der Waals surface area contributed by atoms with Crippen LogP contribution in [0.2, 0.25) is 0 Å². The molecule has 0 spiro atoms. The first-order valence-electron chi connectivity index (χ1n) is 13.9. The van der Waals surface area contributed by atoms with Crippen molar-refractivity contribution in [2.24, 2.45) is 0 Å². The maximum absolute atomic E-state index is 13.4. The lowest BCUT2D eigenvalue weighted by molar-refractivity contribution is -0.182. The number of hydrogen-bond donors (Lipinski definition) is 3. The Hall–Kier alpha value is -3.31. The number of aryl methyl sites for hydroxylation is 1. The molecule has 2 aromatic rings. The summed E-state index contributed by atoms with van der Waals surface area (Å²) in [4.78, 5) is 65.7. The van der Waals surface area contributed by atoms with E-state index in [4.69, 9.17) is 9.47 Å². The van der Waals surface area contributed by atoms with E-state index in [1.54, 1.807) is 18.2 Å². The molecule has 3 aliphatic rings. The number of thioether (sulfide) groups is 2. The summed E-state index contributed by atoms with van der Waals surface area (Å²) in [6, 6.07) is 4.96. The summed E-state index contributed by atoms with van der Waals surface area (Å²) in [6.07, 6.45) is -1.36. The van der Waals surface area contributed by atoms with Gasteiger partial charge in [0.05, 0.1) is 6.04 Å². The Morgan fingerprint density at radius 1 is 1.23 bits per heavy atom. The molecule has 5 atom stereocenters. The zero-order valence-electron chi connectivity index (χ0n) is 24.1. The Labute approximate surface area is 265 Å². The Morgan fingerprint density at radius 2 is 2.00 bits per heavy atom. The maximum Gasteiger partial charge on any atom is 0.358 e. The number of carbonyl (C=O) groups excluding carboxylic acids is 5. The minimum Gasteiger partial charge on any atom is -0.426 e. The third kappa shape index (κ3) is 6.83. The molecule has 3 unspecified atom stereocenters. The van der Waals surface area contributed by atoms with Crippen LogP contribution < -0.4 is 10.6 Å². The van der Waals surface area contributed by atoms with Crippen LogP contribution in [0.3, 0.4) is 0 Å². The number of esters is 2. The molecule has 2 fully saturated rings. The van der Waals surface area contributed by atoms with Crippen LogP contribution in [0.5, 0.6) is 0 Å². The molecule has 3 N–H and O–H groups in total. The molecule has 44 heavy (non-hydrogen) atoms. The summed E-state index contributed by atoms with van der Waals surface area (Å²) in [5, 5.41) is 25.0. The third-order valence-corrected chi connectivity index (χ3v) is 10.6. The number of amides is 2. The SMILES string of the molecule is CC(=O)OC(C)OC(=O)C1=C(CSc2nnc(C)s2)CS[C@H]2C(NC(=O)C(O)c3ccccc3C(=O)[C@@H]3CCCN3)C(=O)N12. The van der Waals surface area contributed by atoms with Crippen LogP contribution in [-0.4, -0.2) is 91.5 Å². The van der Waals surface area contributed by atoms with E-state index in [1.807, 2.05) is 6.92 Å². The number of nitrogens with one attached hydrogen (secondary N) is 2. The first kappa shape index (κ1) is 32.1. The number of benzene rings is 1. The monoisotopic (exact) mass is 661 g/mol. The summed E-state index contributed by atoms with van der Waals surface area (Å²) in [7, 11) is 0. The van der Waals surface area contributed by atoms with E-state index >= 15 is 0 Å². The second kappa shape index (κ2) is 13.8. The van der Waals surface area contributed by atoms with Gasteiger partial charge in [-0.05, 0) is 31.9 Å². The van der Waals surface area contributed by atoms with Crippen LogP contribution in [-0.2, 0) is 28.7 Å². The number of aliphatic hydroxyl groups excluding tert-OH is 1. The average molecular weight is 662 g/mol. The van der Waals surface area contributed by atoms with Crippen LogP contribution in [0, 0.1) is 6.92 Å². The number of aromatic nitrogens is 2. The minimum atomic E-state index is -1.70. The number of ketones is 1. The van der Waals surface area contributed by atoms with E-state index in [0.717, 1.165) is 18.0 Å². The Bertz CT molecular complexity index is 1510. The molecule has 0 saturated carbocycles. The van der Waals surface area contributed by atoms with Gasteiger partial charge in [0.25, 0.3) is 11.8 Å². The van der Waals surface area contributed by atoms with Crippen LogP contribution >= 0.6 is 34.9 Å². The van der Waals surface area contributed by atoms with Crippen molar-refractivity contribution < 1.29 is 38.6 Å². The highest BCUT2D eigenvalue weighted by molar-refractivity contribution is 8.01. The van der Waals surface area contributed by atoms with Crippen LogP contribution in [0.15, 0.2) is 39.9 Å². The highest BCUT2D eigenvalue weighted by Crippen LogP contribution is 2.42. The molecule has 0 radical (unpaired) electrons. The maximum atomic E-state index is 13.4. The average Bonchev–Trinajstić information content (AvgIpc) is 3.69. The van der Waals surface area contributed by atoms with Gasteiger partial charge in [-0.25, -0.2) is 4.79 Å². The molecule has 0 bridgehead atoms. The molecule has 3 aliphatic heterocycles. The molecule has 234 valence electrons. The quantitative estimate of drug-likeness (QED) is 0.104. The second-order valence-corrected chi connectivity index (χ2v) is 13.8. The molecule has 1 aromatic carbocycles. The highest BCUT2D eigenvalue weighted by atomic mass is 32.2. The van der Waals surface area contributed by atoms with Crippen LogP contribution in [0.25, 0.3) is 0 Å². The molecule has 2 saturated heterocycles. The predicted octanol–water partition coefficient (Wildman–Crippen LogP) is 1.71. The van der Waals surface area contributed by atoms with Gasteiger partial charge in [0.2, 0.25) is 6.29 Å². The number of β-lactam (4-membered cyclic amide) rings is 1. The van der Waals surface area contributed by atoms with E-state index in [0.29, 0.717) is 27.8 Å². The molecule has 2 amide bonds. The molecule has 4 heterocycles. The van der Waals surface area contributed by atoms with Crippen molar-refractivity contribution in [1.82, 2.24) is 25.7 Å². The predicted molar refractivity (Wildman–Crippen MR) is 161 cm³/mol. The first-order valence-corrected chi connectivity index (χ1v) is 16.7. The van der Waals surface area contributed by atoms with E-state index in [1.165, 1.54) is 59.7 Å². The van der Waals surface area contributed by atoms with Gasteiger partial charge in [0, 0.05) is 36.5 Å². The smallest absolute Gasteiger partial charge is 0.358 e. The minimum absolute atomic E-state index is 0.0116. The first-order chi connectivity index (χ1) is 21.0. The zero-order chi connectivity index (χ0) is 31.5. The third-order valence-electron chi connectivity index (χ3n) is 7.17. The van der Waals surface area contributed by atoms with E-state index in [9.17, 15) is 29.1 Å². The van der Waals surface area contributed by atoms with Gasteiger partial charge in [-0.2, -0.15) is 0 Å². The molecule has 5 rings (SSSR count). The number of carbonyl (C=O) groups is 5. The summed E-state index contributed by atoms with van der Waals surface area (Å²) < 4.78 is 11.0. The molecular weight excluding hydrogens is 631 g/mol. The van der Waals surface area contributed by atoms with Crippen molar-refractivity contribution >= 4 is 64.4 Å². The number of aliphatic hydroxyl groups is 1. The fourth-order valence-electron chi connectivity index (χ4n) is 5.16. The van der Waals surface area contributed by atoms with Crippen LogP contribution in [0.1, 0.15) is 53.7 Å². The number of nitrogens with zero attached hydrogens (tertiary/aromatic N) is 3. The summed E-state index contributed by atoms with van der Waals surface area (Å²) in [5.41, 5.74) is 1.01. The Balaban J connectivity index is 1.32. The molecule has 13 nitrogen and oxygen atoms in total. The number of fused-ring (bicyclic) bond motifs is 1. The molecular formula is C28H31N5O8S3. The zero-order valence-corrected chi connectivity index (χ0v) is 26.6. The van der Waals surface area contributed by atoms with Gasteiger partial charge < -0.3 is 25.2 Å². The molecule has 1 aromatic heterocycles. The van der Waals surface area contributed by atoms with E-state index < -0.39 is 47.6 Å². The van der Waals surface area contributed by atoms with E-state index in [-0.39, 0.29) is 28.6 Å². The van der Waals surface area contributed by atoms with Gasteiger partial charge in [-0.3, -0.25) is 24.1 Å². The van der Waals surface area contributed by atoms with Gasteiger partial charge >= 0.3 is 11.9 Å². The standard InChI is InChI=1S/C28H31N5O8S3/c1-13-31-32-28(44-13)43-12-16-11-42-26-20(25(38)33(26)21(16)27(39)41-15(3)40-14(2)34)30-24(37)23(36)18-8-5-4-7-17(18)22(35)19-9-6-10-29-19/h4-5,7-8,15,19-20,23,26,29,36H,6,9-12H2,1-3H3,(H,30,37)/t15?,19-,20?,23?,26-/m0/s1. The number of ether oxygens (including phenoxy) is 2. The number of rotatable bonds is 11. The van der Waals surface area contributed by atoms with E-state index in [2.05, 4.69) is 20.8 Å². The number of hydrogen-bond acceptors (Lipinski definition) is 14. The van der Waals surface area contributed by atoms with Crippen molar-refractivity contribution in [3.63, 3.8) is 0 Å².